The molecule has 0 amide bonds. The van der Waals surface area contributed by atoms with Gasteiger partial charge in [0.05, 0.1) is 37.1 Å². The first-order valence-corrected chi connectivity index (χ1v) is 16.3. The molecule has 2 heteroatoms. The molecule has 0 aliphatic heterocycles. The fraction of sp³-hybridized carbons (Fsp3) is 0. The van der Waals surface area contributed by atoms with Crippen molar-refractivity contribution in [2.24, 2.45) is 0 Å². The molecule has 0 spiro atoms. The van der Waals surface area contributed by atoms with Crippen LogP contribution in [-0.4, -0.2) is 9.13 Å². The molecule has 8 aromatic carbocycles. The Bertz CT molecular complexity index is 3460. The third-order valence-electron chi connectivity index (χ3n) is 9.33. The molecule has 0 N–H and O–H groups in total. The standard InChI is InChI=1S/C48H32N2/c1-3-12-33(13-4-1)35-22-26-39(27-23-35)49-43-20-9-7-18-41(43)47-45(49)30-31-46-48(47)42-19-8-10-21-44(42)50(46)40-28-24-36(25-29-40)38-17-11-16-37(32-38)34-14-5-2-6-15-34/h1-32H/i7D,8D,9D,10D,14D,18D,19D,20D,21D,30D,31D. The molecule has 10 rings (SSSR count). The Morgan fingerprint density at radius 2 is 0.760 bits per heavy atom. The van der Waals surface area contributed by atoms with E-state index < -0.39 is 24.2 Å². The first kappa shape index (κ1) is 19.4. The van der Waals surface area contributed by atoms with Crippen molar-refractivity contribution in [1.82, 2.24) is 9.13 Å². The minimum absolute atomic E-state index is 0.0659. The quantitative estimate of drug-likeness (QED) is 0.176. The molecule has 0 radical (unpaired) electrons. The maximum atomic E-state index is 9.69. The highest BCUT2D eigenvalue weighted by Gasteiger charge is 2.20. The number of aromatic nitrogens is 2. The molecule has 0 bridgehead atoms. The summed E-state index contributed by atoms with van der Waals surface area (Å²) >= 11 is 0. The van der Waals surface area contributed by atoms with Crippen molar-refractivity contribution < 1.29 is 15.1 Å². The van der Waals surface area contributed by atoms with Crippen LogP contribution in [0.2, 0.25) is 0 Å². The van der Waals surface area contributed by atoms with Crippen molar-refractivity contribution >= 4 is 43.6 Å². The normalized spacial score (nSPS) is 14.7. The Labute approximate surface area is 306 Å². The van der Waals surface area contributed by atoms with Gasteiger partial charge in [0, 0.05) is 32.9 Å². The zero-order chi connectivity index (χ0) is 42.6. The van der Waals surface area contributed by atoms with Gasteiger partial charge in [0.2, 0.25) is 0 Å². The molecule has 0 fully saturated rings. The minimum Gasteiger partial charge on any atom is -0.309 e. The number of fused-ring (bicyclic) bond motifs is 7. The van der Waals surface area contributed by atoms with Crippen LogP contribution in [0.4, 0.5) is 0 Å². The Hall–Kier alpha value is -6.64. The predicted octanol–water partition coefficient (Wildman–Crippen LogP) is 12.9. The fourth-order valence-electron chi connectivity index (χ4n) is 7.03. The summed E-state index contributed by atoms with van der Waals surface area (Å²) in [5.74, 6) is 0. The van der Waals surface area contributed by atoms with Gasteiger partial charge in [-0.1, -0.05) is 139 Å². The highest BCUT2D eigenvalue weighted by molar-refractivity contribution is 6.28. The van der Waals surface area contributed by atoms with Gasteiger partial charge in [0.25, 0.3) is 0 Å². The van der Waals surface area contributed by atoms with Gasteiger partial charge in [-0.15, -0.1) is 0 Å². The highest BCUT2D eigenvalue weighted by atomic mass is 15.0. The number of nitrogens with zero attached hydrogens (tertiary/aromatic N) is 2. The lowest BCUT2D eigenvalue weighted by atomic mass is 9.99. The Balaban J connectivity index is 1.30. The van der Waals surface area contributed by atoms with Crippen LogP contribution >= 0.6 is 0 Å². The largest absolute Gasteiger partial charge is 0.309 e. The average molecular weight is 648 g/mol. The Kier molecular flexibility index (Phi) is 4.46. The van der Waals surface area contributed by atoms with Crippen LogP contribution in [0.3, 0.4) is 0 Å². The van der Waals surface area contributed by atoms with Crippen LogP contribution in [0.5, 0.6) is 0 Å². The summed E-state index contributed by atoms with van der Waals surface area (Å²) in [6.45, 7) is 0. The van der Waals surface area contributed by atoms with Crippen molar-refractivity contribution in [2.45, 2.75) is 0 Å². The zero-order valence-corrected chi connectivity index (χ0v) is 26.5. The molecule has 0 aliphatic carbocycles. The SMILES string of the molecule is [2H]c1ccccc1-c1cccc(-c2ccc(-n3c4c([2H])c([2H])c([2H])c([2H])c4c4c5c6c([2H])c([2H])c([2H])c([2H])c6n(-c6ccc(-c7ccccc7)cc6)c5c([2H])c([2H])c43)cc2)c1. The van der Waals surface area contributed by atoms with Crippen LogP contribution in [0.15, 0.2) is 194 Å². The molecule has 10 aromatic rings. The van der Waals surface area contributed by atoms with Crippen molar-refractivity contribution in [3.8, 4) is 44.8 Å². The van der Waals surface area contributed by atoms with Crippen LogP contribution in [0.1, 0.15) is 15.1 Å². The molecule has 0 atom stereocenters. The predicted molar refractivity (Wildman–Crippen MR) is 211 cm³/mol. The summed E-state index contributed by atoms with van der Waals surface area (Å²) in [6, 6.07) is 36.0. The van der Waals surface area contributed by atoms with Crippen molar-refractivity contribution in [1.29, 1.82) is 0 Å². The van der Waals surface area contributed by atoms with E-state index in [-0.39, 0.29) is 79.9 Å². The topological polar surface area (TPSA) is 9.86 Å². The van der Waals surface area contributed by atoms with E-state index in [1.54, 1.807) is 39.5 Å². The first-order valence-electron chi connectivity index (χ1n) is 21.8. The van der Waals surface area contributed by atoms with Gasteiger partial charge < -0.3 is 9.13 Å². The number of rotatable bonds is 5. The van der Waals surface area contributed by atoms with Crippen LogP contribution in [-0.2, 0) is 0 Å². The fourth-order valence-corrected chi connectivity index (χ4v) is 7.03. The van der Waals surface area contributed by atoms with Crippen molar-refractivity contribution in [2.75, 3.05) is 0 Å². The summed E-state index contributed by atoms with van der Waals surface area (Å²) < 4.78 is 103. The molecular formula is C48H32N2. The van der Waals surface area contributed by atoms with E-state index in [1.807, 2.05) is 97.1 Å². The Morgan fingerprint density at radius 3 is 1.32 bits per heavy atom. The van der Waals surface area contributed by atoms with Gasteiger partial charge in [-0.25, -0.2) is 0 Å². The van der Waals surface area contributed by atoms with Crippen molar-refractivity contribution in [3.63, 3.8) is 0 Å². The molecule has 0 aliphatic rings. The highest BCUT2D eigenvalue weighted by Crippen LogP contribution is 2.42. The molecular weight excluding hydrogens is 605 g/mol. The molecule has 0 saturated carbocycles. The van der Waals surface area contributed by atoms with Gasteiger partial charge in [-0.2, -0.15) is 0 Å². The van der Waals surface area contributed by atoms with E-state index in [0.29, 0.717) is 17.4 Å². The van der Waals surface area contributed by atoms with E-state index in [1.165, 1.54) is 0 Å². The maximum Gasteiger partial charge on any atom is 0.0646 e. The molecule has 2 heterocycles. The molecule has 2 aromatic heterocycles. The average Bonchev–Trinajstić information content (AvgIpc) is 3.84. The van der Waals surface area contributed by atoms with E-state index in [9.17, 15) is 8.22 Å². The third-order valence-corrected chi connectivity index (χ3v) is 9.33. The van der Waals surface area contributed by atoms with E-state index >= 15 is 0 Å². The molecule has 2 nitrogen and oxygen atoms in total. The van der Waals surface area contributed by atoms with E-state index in [4.69, 9.17) is 6.85 Å². The summed E-state index contributed by atoms with van der Waals surface area (Å²) in [5, 5.41) is 0.499. The summed E-state index contributed by atoms with van der Waals surface area (Å²) in [5.41, 5.74) is 6.55. The minimum atomic E-state index is -0.502. The molecule has 50 heavy (non-hydrogen) atoms. The van der Waals surface area contributed by atoms with E-state index in [2.05, 4.69) is 0 Å². The zero-order valence-electron chi connectivity index (χ0n) is 37.5. The lowest BCUT2D eigenvalue weighted by Gasteiger charge is -2.11. The second-order valence-electron chi connectivity index (χ2n) is 12.1. The lowest BCUT2D eigenvalue weighted by molar-refractivity contribution is 1.17. The second-order valence-corrected chi connectivity index (χ2v) is 12.1. The number of para-hydroxylation sites is 2. The summed E-state index contributed by atoms with van der Waals surface area (Å²) in [7, 11) is 0. The monoisotopic (exact) mass is 647 g/mol. The first-order chi connectivity index (χ1) is 29.4. The van der Waals surface area contributed by atoms with Gasteiger partial charge in [-0.3, -0.25) is 0 Å². The Morgan fingerprint density at radius 1 is 0.320 bits per heavy atom. The number of hydrogen-bond acceptors (Lipinski definition) is 0. The van der Waals surface area contributed by atoms with Gasteiger partial charge in [0.1, 0.15) is 0 Å². The van der Waals surface area contributed by atoms with Gasteiger partial charge >= 0.3 is 0 Å². The van der Waals surface area contributed by atoms with Crippen LogP contribution < -0.4 is 0 Å². The van der Waals surface area contributed by atoms with Crippen LogP contribution in [0.25, 0.3) is 88.4 Å². The summed E-state index contributed by atoms with van der Waals surface area (Å²) in [4.78, 5) is 0. The van der Waals surface area contributed by atoms with Gasteiger partial charge in [-0.05, 0) is 87.9 Å². The second kappa shape index (κ2) is 11.5. The number of benzene rings is 8. The maximum absolute atomic E-state index is 9.69. The van der Waals surface area contributed by atoms with E-state index in [0.717, 1.165) is 33.4 Å². The third kappa shape index (κ3) is 4.50. The summed E-state index contributed by atoms with van der Waals surface area (Å²) in [6.07, 6.45) is 0. The van der Waals surface area contributed by atoms with Gasteiger partial charge in [0.15, 0.2) is 0 Å². The van der Waals surface area contributed by atoms with Crippen LogP contribution in [0, 0.1) is 0 Å². The van der Waals surface area contributed by atoms with Crippen molar-refractivity contribution in [3.05, 3.63) is 194 Å². The number of hydrogen-bond donors (Lipinski definition) is 0. The lowest BCUT2D eigenvalue weighted by Crippen LogP contribution is -1.95. The molecule has 0 saturated heterocycles. The molecule has 234 valence electrons. The smallest absolute Gasteiger partial charge is 0.0646 e. The molecule has 0 unspecified atom stereocenters.